The van der Waals surface area contributed by atoms with E-state index in [1.807, 2.05) is 6.20 Å². The molecule has 4 rings (SSSR count). The second-order valence-electron chi connectivity index (χ2n) is 8.42. The van der Waals surface area contributed by atoms with Crippen LogP contribution in [0.2, 0.25) is 25.2 Å². The lowest BCUT2D eigenvalue weighted by molar-refractivity contribution is 0.278. The Labute approximate surface area is 163 Å². The van der Waals surface area contributed by atoms with Crippen molar-refractivity contribution in [3.8, 4) is 22.3 Å². The van der Waals surface area contributed by atoms with Crippen molar-refractivity contribution in [2.75, 3.05) is 13.1 Å². The van der Waals surface area contributed by atoms with Gasteiger partial charge in [-0.05, 0) is 59.6 Å². The molecule has 0 amide bonds. The largest absolute Gasteiger partial charge is 0.298 e. The maximum Gasteiger partial charge on any atom is 0.0550 e. The van der Waals surface area contributed by atoms with Crippen LogP contribution in [-0.2, 0) is 6.54 Å². The Morgan fingerprint density at radius 1 is 0.778 bits per heavy atom. The Morgan fingerprint density at radius 2 is 1.37 bits per heavy atom. The summed E-state index contributed by atoms with van der Waals surface area (Å²) in [6, 6.07) is 26.6. The summed E-state index contributed by atoms with van der Waals surface area (Å²) in [5.41, 5.74) is 6.21. The zero-order valence-electron chi connectivity index (χ0n) is 16.4. The Hall–Kier alpha value is -2.23. The average Bonchev–Trinajstić information content (AvgIpc) is 2.71. The first-order valence-electron chi connectivity index (χ1n) is 9.92. The van der Waals surface area contributed by atoms with Crippen LogP contribution in [-0.4, -0.2) is 31.0 Å². The van der Waals surface area contributed by atoms with E-state index in [9.17, 15) is 0 Å². The van der Waals surface area contributed by atoms with Crippen molar-refractivity contribution in [3.63, 3.8) is 0 Å². The van der Waals surface area contributed by atoms with Crippen molar-refractivity contribution in [1.29, 1.82) is 0 Å². The van der Waals surface area contributed by atoms with Crippen LogP contribution in [0.1, 0.15) is 5.69 Å². The molecule has 1 aromatic heterocycles. The van der Waals surface area contributed by atoms with E-state index in [4.69, 9.17) is 0 Å². The number of pyridine rings is 1. The van der Waals surface area contributed by atoms with E-state index in [1.165, 1.54) is 53.1 Å². The fourth-order valence-corrected chi connectivity index (χ4v) is 5.87. The molecule has 3 aromatic rings. The van der Waals surface area contributed by atoms with E-state index in [0.29, 0.717) is 0 Å². The van der Waals surface area contributed by atoms with Crippen LogP contribution in [0.5, 0.6) is 0 Å². The highest BCUT2D eigenvalue weighted by molar-refractivity contribution is 6.77. The monoisotopic (exact) mass is 372 g/mol. The van der Waals surface area contributed by atoms with E-state index in [2.05, 4.69) is 89.7 Å². The molecule has 138 valence electrons. The minimum absolute atomic E-state index is 0.909. The molecule has 0 atom stereocenters. The molecule has 0 aliphatic carbocycles. The molecule has 1 saturated heterocycles. The number of benzene rings is 2. The number of rotatable bonds is 4. The van der Waals surface area contributed by atoms with Gasteiger partial charge in [0.1, 0.15) is 0 Å². The lowest BCUT2D eigenvalue weighted by Gasteiger charge is -2.35. The highest BCUT2D eigenvalue weighted by Gasteiger charge is 2.27. The smallest absolute Gasteiger partial charge is 0.0550 e. The summed E-state index contributed by atoms with van der Waals surface area (Å²) in [5.74, 6) is 0. The Bertz CT molecular complexity index is 878. The first-order chi connectivity index (χ1) is 13.1. The average molecular weight is 373 g/mol. The zero-order valence-corrected chi connectivity index (χ0v) is 17.4. The minimum atomic E-state index is -0.909. The van der Waals surface area contributed by atoms with Crippen LogP contribution in [0.3, 0.4) is 0 Å². The number of nitrogens with zero attached hydrogens (tertiary/aromatic N) is 2. The fraction of sp³-hybridized carbons (Fsp3) is 0.292. The Kier molecular flexibility index (Phi) is 5.24. The topological polar surface area (TPSA) is 16.1 Å². The first kappa shape index (κ1) is 18.1. The van der Waals surface area contributed by atoms with Crippen LogP contribution in [0.4, 0.5) is 0 Å². The Morgan fingerprint density at radius 3 is 2.04 bits per heavy atom. The number of hydrogen-bond donors (Lipinski definition) is 0. The highest BCUT2D eigenvalue weighted by Crippen LogP contribution is 2.26. The molecule has 0 bridgehead atoms. The molecule has 3 heteroatoms. The molecule has 0 unspecified atom stereocenters. The van der Waals surface area contributed by atoms with Crippen molar-refractivity contribution in [2.45, 2.75) is 31.7 Å². The van der Waals surface area contributed by atoms with Crippen LogP contribution >= 0.6 is 0 Å². The normalized spacial score (nSPS) is 17.0. The molecule has 2 nitrogen and oxygen atoms in total. The molecule has 2 heterocycles. The maximum atomic E-state index is 4.63. The first-order valence-corrected chi connectivity index (χ1v) is 13.3. The predicted octanol–water partition coefficient (Wildman–Crippen LogP) is 5.94. The van der Waals surface area contributed by atoms with E-state index >= 15 is 0 Å². The summed E-state index contributed by atoms with van der Waals surface area (Å²) in [5, 5.41) is 0. The Balaban J connectivity index is 1.48. The van der Waals surface area contributed by atoms with Crippen molar-refractivity contribution in [1.82, 2.24) is 9.88 Å². The van der Waals surface area contributed by atoms with Gasteiger partial charge in [-0.1, -0.05) is 67.7 Å². The van der Waals surface area contributed by atoms with Gasteiger partial charge in [0.05, 0.1) is 5.69 Å². The van der Waals surface area contributed by atoms with Gasteiger partial charge in [-0.2, -0.15) is 0 Å². The molecule has 1 aliphatic heterocycles. The number of aromatic nitrogens is 1. The van der Waals surface area contributed by atoms with Gasteiger partial charge in [0, 0.05) is 20.8 Å². The lowest BCUT2D eigenvalue weighted by atomic mass is 10.0. The minimum Gasteiger partial charge on any atom is -0.298 e. The highest BCUT2D eigenvalue weighted by atomic mass is 28.3. The van der Waals surface area contributed by atoms with E-state index in [-0.39, 0.29) is 0 Å². The number of hydrogen-bond acceptors (Lipinski definition) is 2. The SMILES string of the molecule is C[Si]1(C)CCN(Cc2cc(-c3ccc(-c4ccccc4)cc3)ccn2)CC1. The molecule has 1 aliphatic rings. The van der Waals surface area contributed by atoms with Crippen molar-refractivity contribution in [2.24, 2.45) is 0 Å². The van der Waals surface area contributed by atoms with Gasteiger partial charge < -0.3 is 0 Å². The molecular formula is C24H28N2Si. The molecule has 2 aromatic carbocycles. The third kappa shape index (κ3) is 4.55. The molecule has 0 radical (unpaired) electrons. The summed E-state index contributed by atoms with van der Waals surface area (Å²) in [4.78, 5) is 7.20. The molecule has 0 N–H and O–H groups in total. The predicted molar refractivity (Wildman–Crippen MR) is 117 cm³/mol. The summed E-state index contributed by atoms with van der Waals surface area (Å²) >= 11 is 0. The molecule has 0 saturated carbocycles. The molecule has 0 spiro atoms. The van der Waals surface area contributed by atoms with Gasteiger partial charge in [0.2, 0.25) is 0 Å². The summed E-state index contributed by atoms with van der Waals surface area (Å²) in [6.45, 7) is 8.47. The van der Waals surface area contributed by atoms with Crippen molar-refractivity contribution >= 4 is 8.07 Å². The lowest BCUT2D eigenvalue weighted by Crippen LogP contribution is -2.42. The fourth-order valence-electron chi connectivity index (χ4n) is 3.78. The van der Waals surface area contributed by atoms with E-state index in [1.54, 1.807) is 0 Å². The van der Waals surface area contributed by atoms with Gasteiger partial charge in [-0.25, -0.2) is 0 Å². The second-order valence-corrected chi connectivity index (χ2v) is 13.7. The van der Waals surface area contributed by atoms with Gasteiger partial charge >= 0.3 is 0 Å². The van der Waals surface area contributed by atoms with Crippen LogP contribution in [0, 0.1) is 0 Å². The van der Waals surface area contributed by atoms with E-state index in [0.717, 1.165) is 6.54 Å². The third-order valence-electron chi connectivity index (χ3n) is 5.74. The van der Waals surface area contributed by atoms with Crippen molar-refractivity contribution < 1.29 is 0 Å². The summed E-state index contributed by atoms with van der Waals surface area (Å²) in [6.07, 6.45) is 1.96. The summed E-state index contributed by atoms with van der Waals surface area (Å²) in [7, 11) is -0.909. The quantitative estimate of drug-likeness (QED) is 0.527. The summed E-state index contributed by atoms with van der Waals surface area (Å²) < 4.78 is 0. The molecule has 27 heavy (non-hydrogen) atoms. The maximum absolute atomic E-state index is 4.63. The van der Waals surface area contributed by atoms with Crippen LogP contribution in [0.15, 0.2) is 72.9 Å². The standard InChI is InChI=1S/C24H28N2Si/c1-27(2)16-14-26(15-17-27)19-24-18-23(12-13-25-24)22-10-8-21(9-11-22)20-6-4-3-5-7-20/h3-13,18H,14-17,19H2,1-2H3. The van der Waals surface area contributed by atoms with E-state index < -0.39 is 8.07 Å². The van der Waals surface area contributed by atoms with Gasteiger partial charge in [0.25, 0.3) is 0 Å². The third-order valence-corrected chi connectivity index (χ3v) is 8.89. The van der Waals surface area contributed by atoms with Gasteiger partial charge in [0.15, 0.2) is 0 Å². The van der Waals surface area contributed by atoms with Crippen molar-refractivity contribution in [3.05, 3.63) is 78.6 Å². The van der Waals surface area contributed by atoms with Gasteiger partial charge in [-0.3, -0.25) is 9.88 Å². The second kappa shape index (κ2) is 7.79. The van der Waals surface area contributed by atoms with Crippen LogP contribution < -0.4 is 0 Å². The zero-order chi connectivity index (χ0) is 18.7. The molecular weight excluding hydrogens is 344 g/mol. The molecule has 1 fully saturated rings. The van der Waals surface area contributed by atoms with Gasteiger partial charge in [-0.15, -0.1) is 0 Å². The van der Waals surface area contributed by atoms with Crippen LogP contribution in [0.25, 0.3) is 22.3 Å².